The second-order valence-corrected chi connectivity index (χ2v) is 3.92. The number of nitriles is 1. The fourth-order valence-electron chi connectivity index (χ4n) is 1.57. The molecule has 2 rings (SSSR count). The first-order chi connectivity index (χ1) is 9.19. The van der Waals surface area contributed by atoms with Crippen molar-refractivity contribution >= 4 is 17.8 Å². The molecule has 0 aliphatic carbocycles. The molecule has 4 nitrogen and oxygen atoms in total. The van der Waals surface area contributed by atoms with Crippen molar-refractivity contribution in [3.63, 3.8) is 0 Å². The molecule has 0 unspecified atom stereocenters. The summed E-state index contributed by atoms with van der Waals surface area (Å²) in [6.45, 7) is 0. The Hall–Kier alpha value is -2.93. The van der Waals surface area contributed by atoms with Crippen LogP contribution in [0.5, 0.6) is 0 Å². The zero-order valence-corrected chi connectivity index (χ0v) is 9.98. The van der Waals surface area contributed by atoms with Gasteiger partial charge in [0.25, 0.3) is 5.69 Å². The number of hydrogen-bond donors (Lipinski definition) is 0. The van der Waals surface area contributed by atoms with Gasteiger partial charge >= 0.3 is 0 Å². The molecule has 0 saturated heterocycles. The van der Waals surface area contributed by atoms with Crippen LogP contribution in [0, 0.1) is 21.4 Å². The molecule has 0 aliphatic rings. The van der Waals surface area contributed by atoms with Crippen molar-refractivity contribution in [2.24, 2.45) is 0 Å². The van der Waals surface area contributed by atoms with Gasteiger partial charge < -0.3 is 0 Å². The van der Waals surface area contributed by atoms with Gasteiger partial charge in [-0.2, -0.15) is 5.26 Å². The van der Waals surface area contributed by atoms with Crippen LogP contribution >= 0.6 is 0 Å². The fourth-order valence-corrected chi connectivity index (χ4v) is 1.57. The van der Waals surface area contributed by atoms with Crippen molar-refractivity contribution in [1.29, 1.82) is 5.26 Å². The standard InChI is InChI=1S/C15H10N2O2/c16-11-14-5-3-12(4-6-14)1-2-13-7-9-15(10-8-13)17(18)19/h1-10H/b2-1+. The maximum Gasteiger partial charge on any atom is 0.269 e. The summed E-state index contributed by atoms with van der Waals surface area (Å²) in [6.07, 6.45) is 3.76. The highest BCUT2D eigenvalue weighted by atomic mass is 16.6. The van der Waals surface area contributed by atoms with Crippen LogP contribution < -0.4 is 0 Å². The van der Waals surface area contributed by atoms with E-state index < -0.39 is 4.92 Å². The highest BCUT2D eigenvalue weighted by molar-refractivity contribution is 5.70. The molecular formula is C15H10N2O2. The first-order valence-corrected chi connectivity index (χ1v) is 5.62. The number of benzene rings is 2. The Balaban J connectivity index is 2.13. The number of non-ortho nitro benzene ring substituents is 1. The van der Waals surface area contributed by atoms with Crippen LogP contribution in [0.3, 0.4) is 0 Å². The summed E-state index contributed by atoms with van der Waals surface area (Å²) in [4.78, 5) is 10.1. The molecule has 4 heteroatoms. The van der Waals surface area contributed by atoms with E-state index in [4.69, 9.17) is 5.26 Å². The van der Waals surface area contributed by atoms with E-state index >= 15 is 0 Å². The van der Waals surface area contributed by atoms with E-state index in [2.05, 4.69) is 6.07 Å². The average Bonchev–Trinajstić information content (AvgIpc) is 2.46. The molecular weight excluding hydrogens is 240 g/mol. The van der Waals surface area contributed by atoms with Crippen LogP contribution in [-0.2, 0) is 0 Å². The van der Waals surface area contributed by atoms with E-state index in [1.165, 1.54) is 12.1 Å². The number of nitrogens with zero attached hydrogens (tertiary/aromatic N) is 2. The van der Waals surface area contributed by atoms with Crippen LogP contribution in [0.15, 0.2) is 48.5 Å². The molecule has 2 aromatic carbocycles. The van der Waals surface area contributed by atoms with E-state index in [1.807, 2.05) is 24.3 Å². The molecule has 92 valence electrons. The maximum absolute atomic E-state index is 10.5. The lowest BCUT2D eigenvalue weighted by Crippen LogP contribution is -1.86. The monoisotopic (exact) mass is 250 g/mol. The van der Waals surface area contributed by atoms with Gasteiger partial charge in [-0.05, 0) is 35.4 Å². The van der Waals surface area contributed by atoms with E-state index in [9.17, 15) is 10.1 Å². The highest BCUT2D eigenvalue weighted by Gasteiger charge is 2.01. The Morgan fingerprint density at radius 3 is 1.84 bits per heavy atom. The minimum absolute atomic E-state index is 0.0792. The smallest absolute Gasteiger partial charge is 0.258 e. The third-order valence-corrected chi connectivity index (χ3v) is 2.61. The minimum atomic E-state index is -0.423. The second-order valence-electron chi connectivity index (χ2n) is 3.92. The molecule has 0 amide bonds. The molecule has 0 spiro atoms. The maximum atomic E-state index is 10.5. The summed E-state index contributed by atoms with van der Waals surface area (Å²) in [5.74, 6) is 0. The first-order valence-electron chi connectivity index (χ1n) is 5.62. The van der Waals surface area contributed by atoms with E-state index in [0.29, 0.717) is 5.56 Å². The Morgan fingerprint density at radius 1 is 0.947 bits per heavy atom. The first kappa shape index (κ1) is 12.5. The van der Waals surface area contributed by atoms with Crippen molar-refractivity contribution in [3.8, 4) is 6.07 Å². The lowest BCUT2D eigenvalue weighted by atomic mass is 10.1. The molecule has 0 saturated carbocycles. The van der Waals surface area contributed by atoms with Gasteiger partial charge in [0.1, 0.15) is 0 Å². The summed E-state index contributed by atoms with van der Waals surface area (Å²) >= 11 is 0. The molecule has 0 aliphatic heterocycles. The Labute approximate surface area is 110 Å². The number of nitro groups is 1. The Kier molecular flexibility index (Phi) is 3.70. The van der Waals surface area contributed by atoms with Crippen molar-refractivity contribution in [1.82, 2.24) is 0 Å². The third kappa shape index (κ3) is 3.27. The van der Waals surface area contributed by atoms with Crippen LogP contribution in [0.2, 0.25) is 0 Å². The SMILES string of the molecule is N#Cc1ccc(/C=C/c2ccc([N+](=O)[O-])cc2)cc1. The Bertz CT molecular complexity index is 650. The second kappa shape index (κ2) is 5.61. The quantitative estimate of drug-likeness (QED) is 0.474. The minimum Gasteiger partial charge on any atom is -0.258 e. The molecule has 0 heterocycles. The van der Waals surface area contributed by atoms with E-state index in [1.54, 1.807) is 24.3 Å². The lowest BCUT2D eigenvalue weighted by molar-refractivity contribution is -0.384. The molecule has 0 bridgehead atoms. The van der Waals surface area contributed by atoms with Crippen LogP contribution in [0.1, 0.15) is 16.7 Å². The molecule has 0 N–H and O–H groups in total. The molecule has 2 aromatic rings. The van der Waals surface area contributed by atoms with E-state index in [0.717, 1.165) is 11.1 Å². The molecule has 0 fully saturated rings. The number of nitro benzene ring substituents is 1. The summed E-state index contributed by atoms with van der Waals surface area (Å²) in [7, 11) is 0. The van der Waals surface area contributed by atoms with Gasteiger partial charge in [-0.3, -0.25) is 10.1 Å². The zero-order valence-electron chi connectivity index (χ0n) is 9.98. The van der Waals surface area contributed by atoms with Gasteiger partial charge in [-0.1, -0.05) is 24.3 Å². The topological polar surface area (TPSA) is 66.9 Å². The molecule has 0 atom stereocenters. The largest absolute Gasteiger partial charge is 0.269 e. The van der Waals surface area contributed by atoms with Crippen LogP contribution in [0.4, 0.5) is 5.69 Å². The van der Waals surface area contributed by atoms with Gasteiger partial charge in [0, 0.05) is 12.1 Å². The summed E-state index contributed by atoms with van der Waals surface area (Å²) in [5.41, 5.74) is 2.55. The summed E-state index contributed by atoms with van der Waals surface area (Å²) in [5, 5.41) is 19.2. The third-order valence-electron chi connectivity index (χ3n) is 2.61. The predicted octanol–water partition coefficient (Wildman–Crippen LogP) is 3.64. The van der Waals surface area contributed by atoms with Gasteiger partial charge in [0.2, 0.25) is 0 Å². The zero-order chi connectivity index (χ0) is 13.7. The van der Waals surface area contributed by atoms with Crippen LogP contribution in [-0.4, -0.2) is 4.92 Å². The van der Waals surface area contributed by atoms with Gasteiger partial charge in [0.05, 0.1) is 16.6 Å². The van der Waals surface area contributed by atoms with Crippen LogP contribution in [0.25, 0.3) is 12.2 Å². The van der Waals surface area contributed by atoms with Crippen molar-refractivity contribution in [2.75, 3.05) is 0 Å². The number of rotatable bonds is 3. The Morgan fingerprint density at radius 2 is 1.42 bits per heavy atom. The molecule has 0 radical (unpaired) electrons. The average molecular weight is 250 g/mol. The van der Waals surface area contributed by atoms with Gasteiger partial charge in [-0.25, -0.2) is 0 Å². The van der Waals surface area contributed by atoms with Crippen molar-refractivity contribution in [2.45, 2.75) is 0 Å². The summed E-state index contributed by atoms with van der Waals surface area (Å²) in [6, 6.07) is 15.6. The summed E-state index contributed by atoms with van der Waals surface area (Å²) < 4.78 is 0. The van der Waals surface area contributed by atoms with Gasteiger partial charge in [-0.15, -0.1) is 0 Å². The van der Waals surface area contributed by atoms with E-state index in [-0.39, 0.29) is 5.69 Å². The van der Waals surface area contributed by atoms with Crippen molar-refractivity contribution < 1.29 is 4.92 Å². The highest BCUT2D eigenvalue weighted by Crippen LogP contribution is 2.14. The van der Waals surface area contributed by atoms with Gasteiger partial charge in [0.15, 0.2) is 0 Å². The molecule has 0 aromatic heterocycles. The van der Waals surface area contributed by atoms with Crippen molar-refractivity contribution in [3.05, 3.63) is 75.3 Å². The number of hydrogen-bond acceptors (Lipinski definition) is 3. The molecule has 19 heavy (non-hydrogen) atoms. The predicted molar refractivity (Wildman–Crippen MR) is 73.2 cm³/mol. The lowest BCUT2D eigenvalue weighted by Gasteiger charge is -1.95. The fraction of sp³-hybridized carbons (Fsp3) is 0. The normalized spacial score (nSPS) is 10.3.